The zero-order chi connectivity index (χ0) is 19.5. The van der Waals surface area contributed by atoms with E-state index in [4.69, 9.17) is 4.74 Å². The molecule has 0 N–H and O–H groups in total. The molecule has 0 aliphatic carbocycles. The van der Waals surface area contributed by atoms with Crippen molar-refractivity contribution in [3.63, 3.8) is 0 Å². The van der Waals surface area contributed by atoms with Crippen molar-refractivity contribution < 1.29 is 9.53 Å². The molecule has 1 aliphatic heterocycles. The number of hydrogen-bond acceptors (Lipinski definition) is 4. The molecule has 6 nitrogen and oxygen atoms in total. The van der Waals surface area contributed by atoms with Gasteiger partial charge < -0.3 is 14.0 Å². The number of fused-ring (bicyclic) bond motifs is 1. The quantitative estimate of drug-likeness (QED) is 0.685. The fourth-order valence-corrected chi connectivity index (χ4v) is 3.73. The van der Waals surface area contributed by atoms with Crippen LogP contribution in [0.2, 0.25) is 0 Å². The van der Waals surface area contributed by atoms with Gasteiger partial charge in [-0.15, -0.1) is 0 Å². The van der Waals surface area contributed by atoms with Gasteiger partial charge in [-0.2, -0.15) is 0 Å². The number of aromatic nitrogens is 2. The largest absolute Gasteiger partial charge is 0.497 e. The first-order valence-electron chi connectivity index (χ1n) is 9.72. The molecule has 0 unspecified atom stereocenters. The molecule has 146 valence electrons. The van der Waals surface area contributed by atoms with Crippen molar-refractivity contribution in [3.05, 3.63) is 66.1 Å². The van der Waals surface area contributed by atoms with E-state index in [-0.39, 0.29) is 11.8 Å². The minimum Gasteiger partial charge on any atom is -0.497 e. The Morgan fingerprint density at radius 1 is 1.11 bits per heavy atom. The van der Waals surface area contributed by atoms with Crippen LogP contribution in [0.25, 0.3) is 5.65 Å². The third-order valence-electron chi connectivity index (χ3n) is 5.47. The van der Waals surface area contributed by atoms with Crippen molar-refractivity contribution in [2.45, 2.75) is 19.4 Å². The highest BCUT2D eigenvalue weighted by Crippen LogP contribution is 2.22. The van der Waals surface area contributed by atoms with Gasteiger partial charge in [0, 0.05) is 45.1 Å². The third kappa shape index (κ3) is 3.87. The Morgan fingerprint density at radius 3 is 2.54 bits per heavy atom. The Hall–Kier alpha value is -2.86. The highest BCUT2D eigenvalue weighted by Gasteiger charge is 2.26. The number of rotatable bonds is 5. The summed E-state index contributed by atoms with van der Waals surface area (Å²) in [6.45, 7) is 6.05. The normalized spacial score (nSPS) is 16.3. The number of benzene rings is 1. The summed E-state index contributed by atoms with van der Waals surface area (Å²) in [5.41, 5.74) is 3.06. The molecule has 1 aromatic carbocycles. The second-order valence-electron chi connectivity index (χ2n) is 7.29. The first kappa shape index (κ1) is 18.5. The molecule has 0 bridgehead atoms. The molecule has 0 radical (unpaired) electrons. The Bertz CT molecular complexity index is 910. The maximum Gasteiger partial charge on any atom is 0.229 e. The van der Waals surface area contributed by atoms with Crippen LogP contribution in [0.5, 0.6) is 5.75 Å². The van der Waals surface area contributed by atoms with E-state index in [2.05, 4.69) is 16.1 Å². The van der Waals surface area contributed by atoms with E-state index in [9.17, 15) is 4.79 Å². The summed E-state index contributed by atoms with van der Waals surface area (Å²) in [6.07, 6.45) is 4.10. The van der Waals surface area contributed by atoms with Crippen molar-refractivity contribution in [2.24, 2.45) is 0 Å². The highest BCUT2D eigenvalue weighted by atomic mass is 16.5. The van der Waals surface area contributed by atoms with Crippen LogP contribution in [0.1, 0.15) is 24.1 Å². The van der Waals surface area contributed by atoms with E-state index in [0.29, 0.717) is 0 Å². The molecular weight excluding hydrogens is 352 g/mol. The summed E-state index contributed by atoms with van der Waals surface area (Å²) in [5.74, 6) is 0.859. The standard InChI is InChI=1S/C22H26N4O2/c1-17(18-6-8-20(28-2)9-7-18)22(27)25-13-11-24(12-14-25)15-19-16-26-10-4-3-5-21(26)23-19/h3-10,16-17H,11-15H2,1-2H3/t17-/m1/s1. The first-order chi connectivity index (χ1) is 13.6. The van der Waals surface area contributed by atoms with Crippen LogP contribution in [0.15, 0.2) is 54.9 Å². The summed E-state index contributed by atoms with van der Waals surface area (Å²) in [5, 5.41) is 0. The minimum absolute atomic E-state index is 0.143. The molecule has 0 spiro atoms. The zero-order valence-corrected chi connectivity index (χ0v) is 16.4. The Labute approximate surface area is 165 Å². The van der Waals surface area contributed by atoms with Gasteiger partial charge in [-0.05, 0) is 36.8 Å². The minimum atomic E-state index is -0.143. The predicted molar refractivity (Wildman–Crippen MR) is 108 cm³/mol. The van der Waals surface area contributed by atoms with Gasteiger partial charge >= 0.3 is 0 Å². The van der Waals surface area contributed by atoms with Crippen molar-refractivity contribution >= 4 is 11.6 Å². The molecule has 0 saturated carbocycles. The van der Waals surface area contributed by atoms with Gasteiger partial charge in [-0.1, -0.05) is 18.2 Å². The van der Waals surface area contributed by atoms with Crippen LogP contribution in [-0.4, -0.2) is 58.4 Å². The molecule has 2 aromatic heterocycles. The van der Waals surface area contributed by atoms with Crippen LogP contribution in [0.3, 0.4) is 0 Å². The summed E-state index contributed by atoms with van der Waals surface area (Å²) >= 11 is 0. The molecule has 3 heterocycles. The van der Waals surface area contributed by atoms with Gasteiger partial charge in [0.05, 0.1) is 18.7 Å². The second kappa shape index (κ2) is 8.02. The average Bonchev–Trinajstić information content (AvgIpc) is 3.15. The summed E-state index contributed by atoms with van der Waals surface area (Å²) < 4.78 is 7.25. The molecular formula is C22H26N4O2. The zero-order valence-electron chi connectivity index (χ0n) is 16.4. The Balaban J connectivity index is 1.33. The predicted octanol–water partition coefficient (Wildman–Crippen LogP) is 2.79. The molecule has 28 heavy (non-hydrogen) atoms. The van der Waals surface area contributed by atoms with Crippen molar-refractivity contribution in [1.82, 2.24) is 19.2 Å². The number of hydrogen-bond donors (Lipinski definition) is 0. The molecule has 1 aliphatic rings. The van der Waals surface area contributed by atoms with Crippen LogP contribution in [0, 0.1) is 0 Å². The first-order valence-corrected chi connectivity index (χ1v) is 9.72. The van der Waals surface area contributed by atoms with Gasteiger partial charge in [0.25, 0.3) is 0 Å². The fourth-order valence-electron chi connectivity index (χ4n) is 3.73. The summed E-state index contributed by atoms with van der Waals surface area (Å²) in [6, 6.07) is 13.8. The average molecular weight is 378 g/mol. The van der Waals surface area contributed by atoms with Crippen LogP contribution < -0.4 is 4.74 Å². The number of ether oxygens (including phenoxy) is 1. The lowest BCUT2D eigenvalue weighted by Gasteiger charge is -2.35. The second-order valence-corrected chi connectivity index (χ2v) is 7.29. The lowest BCUT2D eigenvalue weighted by atomic mass is 9.99. The van der Waals surface area contributed by atoms with E-state index < -0.39 is 0 Å². The Kier molecular flexibility index (Phi) is 5.30. The van der Waals surface area contributed by atoms with Crippen LogP contribution in [0.4, 0.5) is 0 Å². The van der Waals surface area contributed by atoms with Gasteiger partial charge in [-0.3, -0.25) is 9.69 Å². The van der Waals surface area contributed by atoms with Crippen molar-refractivity contribution in [3.8, 4) is 5.75 Å². The van der Waals surface area contributed by atoms with Gasteiger partial charge in [0.1, 0.15) is 11.4 Å². The number of amides is 1. The fraction of sp³-hybridized carbons (Fsp3) is 0.364. The molecule has 1 atom stereocenters. The number of carbonyl (C=O) groups excluding carboxylic acids is 1. The molecule has 1 fully saturated rings. The topological polar surface area (TPSA) is 50.1 Å². The summed E-state index contributed by atoms with van der Waals surface area (Å²) in [4.78, 5) is 21.9. The van der Waals surface area contributed by atoms with Crippen LogP contribution >= 0.6 is 0 Å². The van der Waals surface area contributed by atoms with Gasteiger partial charge in [0.2, 0.25) is 5.91 Å². The van der Waals surface area contributed by atoms with E-state index in [1.54, 1.807) is 7.11 Å². The number of pyridine rings is 1. The molecule has 1 saturated heterocycles. The molecule has 4 rings (SSSR count). The SMILES string of the molecule is COc1ccc([C@@H](C)C(=O)N2CCN(Cc3cn4ccccc4n3)CC2)cc1. The van der Waals surface area contributed by atoms with Crippen LogP contribution in [-0.2, 0) is 11.3 Å². The highest BCUT2D eigenvalue weighted by molar-refractivity contribution is 5.83. The van der Waals surface area contributed by atoms with E-state index >= 15 is 0 Å². The molecule has 1 amide bonds. The maximum atomic E-state index is 12.9. The summed E-state index contributed by atoms with van der Waals surface area (Å²) in [7, 11) is 1.65. The number of nitrogens with zero attached hydrogens (tertiary/aromatic N) is 4. The number of piperazine rings is 1. The number of methoxy groups -OCH3 is 1. The maximum absolute atomic E-state index is 12.9. The number of imidazole rings is 1. The molecule has 3 aromatic rings. The smallest absolute Gasteiger partial charge is 0.229 e. The third-order valence-corrected chi connectivity index (χ3v) is 5.47. The molecule has 6 heteroatoms. The monoisotopic (exact) mass is 378 g/mol. The number of carbonyl (C=O) groups is 1. The van der Waals surface area contributed by atoms with Crippen molar-refractivity contribution in [2.75, 3.05) is 33.3 Å². The Morgan fingerprint density at radius 2 is 1.86 bits per heavy atom. The van der Waals surface area contributed by atoms with E-state index in [1.165, 1.54) is 0 Å². The van der Waals surface area contributed by atoms with Gasteiger partial charge in [-0.25, -0.2) is 4.98 Å². The van der Waals surface area contributed by atoms with E-state index in [1.807, 2.05) is 64.9 Å². The lowest BCUT2D eigenvalue weighted by Crippen LogP contribution is -2.49. The lowest BCUT2D eigenvalue weighted by molar-refractivity contribution is -0.134. The van der Waals surface area contributed by atoms with Crippen molar-refractivity contribution in [1.29, 1.82) is 0 Å². The van der Waals surface area contributed by atoms with E-state index in [0.717, 1.165) is 55.4 Å². The van der Waals surface area contributed by atoms with Gasteiger partial charge in [0.15, 0.2) is 0 Å².